The number of aromatic amines is 1. The third-order valence-electron chi connectivity index (χ3n) is 1.58. The van der Waals surface area contributed by atoms with Gasteiger partial charge in [0.2, 0.25) is 0 Å². The Balaban J connectivity index is 3.27. The van der Waals surface area contributed by atoms with Gasteiger partial charge in [0, 0.05) is 6.04 Å². The highest BCUT2D eigenvalue weighted by atomic mass is 19.4. The third-order valence-corrected chi connectivity index (χ3v) is 1.58. The van der Waals surface area contributed by atoms with Crippen molar-refractivity contribution in [3.63, 3.8) is 0 Å². The van der Waals surface area contributed by atoms with Gasteiger partial charge in [-0.1, -0.05) is 0 Å². The zero-order valence-electron chi connectivity index (χ0n) is 8.14. The van der Waals surface area contributed by atoms with Crippen molar-refractivity contribution in [2.75, 3.05) is 5.32 Å². The minimum absolute atomic E-state index is 0.213. The van der Waals surface area contributed by atoms with Crippen LogP contribution in [0.2, 0.25) is 0 Å². The largest absolute Gasteiger partial charge is 0.423 e. The zero-order chi connectivity index (χ0) is 11.6. The first-order valence-corrected chi connectivity index (χ1v) is 4.23. The van der Waals surface area contributed by atoms with Crippen LogP contribution in [-0.4, -0.2) is 16.2 Å². The molecule has 0 aromatic carbocycles. The standard InChI is InChI=1S/C8H10F3N3O/c1-4(2)13-5-3-12-14-7(15)6(5)8(9,10)11/h3-4H,1-2H3,(H2,13,14,15). The molecule has 2 N–H and O–H groups in total. The summed E-state index contributed by atoms with van der Waals surface area (Å²) >= 11 is 0. The molecule has 0 aliphatic rings. The molecule has 1 heterocycles. The van der Waals surface area contributed by atoms with Crippen LogP contribution in [0.25, 0.3) is 0 Å². The molecule has 0 aliphatic carbocycles. The van der Waals surface area contributed by atoms with E-state index in [2.05, 4.69) is 10.4 Å². The van der Waals surface area contributed by atoms with Crippen LogP contribution in [0.15, 0.2) is 11.0 Å². The molecule has 0 aliphatic heterocycles. The number of nitrogens with zero attached hydrogens (tertiary/aromatic N) is 1. The Kier molecular flexibility index (Phi) is 3.01. The fourth-order valence-corrected chi connectivity index (χ4v) is 1.10. The zero-order valence-corrected chi connectivity index (χ0v) is 8.14. The van der Waals surface area contributed by atoms with E-state index in [1.807, 2.05) is 0 Å². The van der Waals surface area contributed by atoms with E-state index in [1.54, 1.807) is 18.9 Å². The lowest BCUT2D eigenvalue weighted by Crippen LogP contribution is -2.26. The lowest BCUT2D eigenvalue weighted by atomic mass is 10.2. The molecule has 0 unspecified atom stereocenters. The molecule has 15 heavy (non-hydrogen) atoms. The van der Waals surface area contributed by atoms with E-state index in [9.17, 15) is 18.0 Å². The number of hydrogen-bond acceptors (Lipinski definition) is 3. The average molecular weight is 221 g/mol. The molecule has 0 radical (unpaired) electrons. The first-order chi connectivity index (χ1) is 6.82. The summed E-state index contributed by atoms with van der Waals surface area (Å²) in [4.78, 5) is 11.0. The first-order valence-electron chi connectivity index (χ1n) is 4.23. The molecule has 0 saturated heterocycles. The van der Waals surface area contributed by atoms with Gasteiger partial charge in [-0.05, 0) is 13.8 Å². The lowest BCUT2D eigenvalue weighted by molar-refractivity contribution is -0.138. The smallest absolute Gasteiger partial charge is 0.381 e. The van der Waals surface area contributed by atoms with Crippen LogP contribution in [0.4, 0.5) is 18.9 Å². The second-order valence-electron chi connectivity index (χ2n) is 3.28. The summed E-state index contributed by atoms with van der Waals surface area (Å²) in [7, 11) is 0. The number of rotatable bonds is 2. The van der Waals surface area contributed by atoms with Crippen LogP contribution in [0.5, 0.6) is 0 Å². The van der Waals surface area contributed by atoms with Crippen LogP contribution in [0, 0.1) is 0 Å². The Hall–Kier alpha value is -1.53. The molecule has 7 heteroatoms. The molecule has 4 nitrogen and oxygen atoms in total. The van der Waals surface area contributed by atoms with Crippen molar-refractivity contribution >= 4 is 5.69 Å². The number of nitrogens with one attached hydrogen (secondary N) is 2. The first kappa shape index (κ1) is 11.5. The maximum absolute atomic E-state index is 12.5. The average Bonchev–Trinajstić information content (AvgIpc) is 1.99. The second-order valence-corrected chi connectivity index (χ2v) is 3.28. The molecular formula is C8H10F3N3O. The van der Waals surface area contributed by atoms with Crippen molar-refractivity contribution in [3.05, 3.63) is 22.1 Å². The van der Waals surface area contributed by atoms with E-state index in [0.29, 0.717) is 0 Å². The fraction of sp³-hybridized carbons (Fsp3) is 0.500. The highest BCUT2D eigenvalue weighted by Gasteiger charge is 2.37. The van der Waals surface area contributed by atoms with Gasteiger partial charge < -0.3 is 5.32 Å². The molecule has 0 amide bonds. The Bertz CT molecular complexity index is 397. The minimum atomic E-state index is -4.69. The number of hydrogen-bond donors (Lipinski definition) is 2. The molecule has 1 aromatic heterocycles. The van der Waals surface area contributed by atoms with Crippen molar-refractivity contribution in [2.24, 2.45) is 0 Å². The second kappa shape index (κ2) is 3.92. The van der Waals surface area contributed by atoms with E-state index >= 15 is 0 Å². The fourth-order valence-electron chi connectivity index (χ4n) is 1.10. The predicted molar refractivity (Wildman–Crippen MR) is 48.6 cm³/mol. The van der Waals surface area contributed by atoms with Gasteiger partial charge in [-0.3, -0.25) is 4.79 Å². The van der Waals surface area contributed by atoms with Crippen molar-refractivity contribution in [1.29, 1.82) is 0 Å². The monoisotopic (exact) mass is 221 g/mol. The third kappa shape index (κ3) is 2.71. The molecule has 84 valence electrons. The highest BCUT2D eigenvalue weighted by molar-refractivity contribution is 5.49. The van der Waals surface area contributed by atoms with Gasteiger partial charge in [0.15, 0.2) is 0 Å². The van der Waals surface area contributed by atoms with Crippen molar-refractivity contribution in [1.82, 2.24) is 10.2 Å². The summed E-state index contributed by atoms with van der Waals surface area (Å²) in [5.41, 5.74) is -2.79. The Morgan fingerprint density at radius 2 is 2.07 bits per heavy atom. The highest BCUT2D eigenvalue weighted by Crippen LogP contribution is 2.31. The number of H-pyrrole nitrogens is 1. The normalized spacial score (nSPS) is 11.9. The quantitative estimate of drug-likeness (QED) is 0.797. The van der Waals surface area contributed by atoms with E-state index in [4.69, 9.17) is 0 Å². The maximum Gasteiger partial charge on any atom is 0.423 e. The number of aromatic nitrogens is 2. The maximum atomic E-state index is 12.5. The predicted octanol–water partition coefficient (Wildman–Crippen LogP) is 1.61. The number of alkyl halides is 3. The summed E-state index contributed by atoms with van der Waals surface area (Å²) in [6, 6.07) is -0.213. The Morgan fingerprint density at radius 3 is 2.53 bits per heavy atom. The van der Waals surface area contributed by atoms with Crippen molar-refractivity contribution < 1.29 is 13.2 Å². The Morgan fingerprint density at radius 1 is 1.47 bits per heavy atom. The Labute approximate surface area is 83.5 Å². The van der Waals surface area contributed by atoms with Crippen LogP contribution < -0.4 is 10.9 Å². The molecule has 0 bridgehead atoms. The summed E-state index contributed by atoms with van der Waals surface area (Å²) in [5.74, 6) is 0. The van der Waals surface area contributed by atoms with Gasteiger partial charge in [0.05, 0.1) is 11.9 Å². The van der Waals surface area contributed by atoms with Gasteiger partial charge in [0.1, 0.15) is 5.56 Å². The van der Waals surface area contributed by atoms with Gasteiger partial charge in [-0.25, -0.2) is 5.10 Å². The summed E-state index contributed by atoms with van der Waals surface area (Å²) in [5, 5.41) is 7.58. The summed E-state index contributed by atoms with van der Waals surface area (Å²) in [6.07, 6.45) is -3.74. The van der Waals surface area contributed by atoms with Crippen molar-refractivity contribution in [2.45, 2.75) is 26.1 Å². The van der Waals surface area contributed by atoms with Crippen LogP contribution >= 0.6 is 0 Å². The van der Waals surface area contributed by atoms with Gasteiger partial charge in [-0.2, -0.15) is 18.3 Å². The molecule has 0 atom stereocenters. The van der Waals surface area contributed by atoms with Crippen LogP contribution in [0.3, 0.4) is 0 Å². The topological polar surface area (TPSA) is 57.8 Å². The van der Waals surface area contributed by atoms with Crippen LogP contribution in [-0.2, 0) is 6.18 Å². The van der Waals surface area contributed by atoms with Crippen LogP contribution in [0.1, 0.15) is 19.4 Å². The number of anilines is 1. The summed E-state index contributed by atoms with van der Waals surface area (Å²) in [6.45, 7) is 3.34. The van der Waals surface area contributed by atoms with E-state index in [-0.39, 0.29) is 11.7 Å². The summed E-state index contributed by atoms with van der Waals surface area (Å²) < 4.78 is 37.4. The van der Waals surface area contributed by atoms with E-state index in [1.165, 1.54) is 0 Å². The molecule has 1 aromatic rings. The van der Waals surface area contributed by atoms with E-state index in [0.717, 1.165) is 6.20 Å². The molecule has 0 fully saturated rings. The lowest BCUT2D eigenvalue weighted by Gasteiger charge is -2.14. The molecule has 0 saturated carbocycles. The minimum Gasteiger partial charge on any atom is -0.381 e. The van der Waals surface area contributed by atoms with Crippen molar-refractivity contribution in [3.8, 4) is 0 Å². The molecule has 1 rings (SSSR count). The molecule has 0 spiro atoms. The SMILES string of the molecule is CC(C)Nc1cn[nH]c(=O)c1C(F)(F)F. The number of halogens is 3. The van der Waals surface area contributed by atoms with E-state index < -0.39 is 17.3 Å². The van der Waals surface area contributed by atoms with Gasteiger partial charge in [0.25, 0.3) is 5.56 Å². The van der Waals surface area contributed by atoms with Gasteiger partial charge in [-0.15, -0.1) is 0 Å². The van der Waals surface area contributed by atoms with Gasteiger partial charge >= 0.3 is 6.18 Å². The molecular weight excluding hydrogens is 211 g/mol.